The second kappa shape index (κ2) is 18.8. The number of rotatable bonds is 9. The average Bonchev–Trinajstić information content (AvgIpc) is 3.86. The number of anilines is 1. The zero-order valence-corrected chi connectivity index (χ0v) is 32.7. The van der Waals surface area contributed by atoms with Crippen molar-refractivity contribution in [2.24, 2.45) is 0 Å². The van der Waals surface area contributed by atoms with Crippen LogP contribution in [0.2, 0.25) is 0 Å². The predicted molar refractivity (Wildman–Crippen MR) is 212 cm³/mol. The minimum Gasteiger partial charge on any atom is -0.477 e. The average molecular weight is 788 g/mol. The van der Waals surface area contributed by atoms with E-state index in [9.17, 15) is 24.5 Å². The van der Waals surface area contributed by atoms with Crippen molar-refractivity contribution < 1.29 is 33.9 Å². The van der Waals surface area contributed by atoms with E-state index in [1.807, 2.05) is 62.4 Å². The number of aryl methyl sites for hydroxylation is 4. The molecule has 0 bridgehead atoms. The number of nitrogen functional groups attached to an aromatic ring is 1. The van der Waals surface area contributed by atoms with Gasteiger partial charge in [0.1, 0.15) is 29.7 Å². The molecule has 0 fully saturated rings. The molecule has 3 N–H and O–H groups in total. The fourth-order valence-corrected chi connectivity index (χ4v) is 7.42. The van der Waals surface area contributed by atoms with E-state index in [-0.39, 0.29) is 11.7 Å². The summed E-state index contributed by atoms with van der Waals surface area (Å²) in [7, 11) is 0. The van der Waals surface area contributed by atoms with Gasteiger partial charge in [-0.25, -0.2) is 29.3 Å². The molecule has 54 heavy (non-hydrogen) atoms. The fourth-order valence-electron chi connectivity index (χ4n) is 4.58. The van der Waals surface area contributed by atoms with E-state index in [4.69, 9.17) is 20.3 Å². The Bertz CT molecular complexity index is 2240. The van der Waals surface area contributed by atoms with Crippen LogP contribution in [0.5, 0.6) is 0 Å². The third kappa shape index (κ3) is 10.6. The van der Waals surface area contributed by atoms with Gasteiger partial charge >= 0.3 is 17.9 Å². The van der Waals surface area contributed by atoms with E-state index in [0.717, 1.165) is 26.7 Å². The molecule has 13 nitrogen and oxygen atoms in total. The maximum Gasteiger partial charge on any atom is 0.350 e. The van der Waals surface area contributed by atoms with Crippen molar-refractivity contribution in [1.29, 1.82) is 0 Å². The second-order valence-electron chi connectivity index (χ2n) is 11.3. The van der Waals surface area contributed by atoms with Crippen LogP contribution in [0.15, 0.2) is 72.8 Å². The second-order valence-corrected chi connectivity index (χ2v) is 14.3. The first-order chi connectivity index (χ1) is 25.7. The van der Waals surface area contributed by atoms with Gasteiger partial charge in [-0.2, -0.15) is 0 Å². The minimum absolute atomic E-state index is 0.0210. The molecule has 0 aliphatic heterocycles. The number of hydrogen-bond acceptors (Lipinski definition) is 14. The zero-order chi connectivity index (χ0) is 39.5. The number of carbonyl (C=O) groups excluding carboxylic acids is 2. The number of benzene rings is 3. The van der Waals surface area contributed by atoms with Crippen molar-refractivity contribution >= 4 is 63.3 Å². The van der Waals surface area contributed by atoms with Gasteiger partial charge in [0.15, 0.2) is 0 Å². The number of esters is 2. The highest BCUT2D eigenvalue weighted by atomic mass is 32.1. The van der Waals surface area contributed by atoms with Crippen molar-refractivity contribution in [3.63, 3.8) is 0 Å². The normalized spacial score (nSPS) is 10.3. The van der Waals surface area contributed by atoms with Gasteiger partial charge in [-0.05, 0) is 77.9 Å². The molecular weight excluding hydrogens is 751 g/mol. The molecule has 0 radical (unpaired) electrons. The van der Waals surface area contributed by atoms with E-state index in [1.54, 1.807) is 39.8 Å². The first-order valence-corrected chi connectivity index (χ1v) is 18.8. The summed E-state index contributed by atoms with van der Waals surface area (Å²) in [5, 5.41) is 21.7. The molecule has 0 aliphatic carbocycles. The molecular formula is C38H37N5O8S3. The molecule has 0 spiro atoms. The molecule has 0 atom stereocenters. The van der Waals surface area contributed by atoms with Crippen molar-refractivity contribution in [1.82, 2.24) is 15.0 Å². The number of hydrogen-bond donors (Lipinski definition) is 2. The Morgan fingerprint density at radius 1 is 0.648 bits per heavy atom. The molecule has 0 saturated carbocycles. The van der Waals surface area contributed by atoms with E-state index >= 15 is 0 Å². The molecule has 280 valence electrons. The summed E-state index contributed by atoms with van der Waals surface area (Å²) < 4.78 is 9.94. The van der Waals surface area contributed by atoms with Crippen molar-refractivity contribution in [2.75, 3.05) is 18.9 Å². The SMILES string of the molecule is CCOC(=O)c1sc(-c2ccc(N)cc2)nc1C.CCOC(=O)c1sc(-c2ccc([N+](=O)[O-])cc2)nc1C.Cc1ccc(-c2nc(C)c(C(=O)O)s2)cc1. The lowest BCUT2D eigenvalue weighted by molar-refractivity contribution is -0.384. The molecule has 0 unspecified atom stereocenters. The highest BCUT2D eigenvalue weighted by molar-refractivity contribution is 7.17. The number of carbonyl (C=O) groups is 3. The van der Waals surface area contributed by atoms with Crippen LogP contribution in [-0.2, 0) is 9.47 Å². The van der Waals surface area contributed by atoms with E-state index in [2.05, 4.69) is 15.0 Å². The molecule has 16 heteroatoms. The van der Waals surface area contributed by atoms with Gasteiger partial charge in [-0.1, -0.05) is 29.8 Å². The molecule has 0 amide bonds. The fraction of sp³-hybridized carbons (Fsp3) is 0.211. The number of nitrogens with zero attached hydrogens (tertiary/aromatic N) is 4. The monoisotopic (exact) mass is 787 g/mol. The predicted octanol–water partition coefficient (Wildman–Crippen LogP) is 9.21. The Balaban J connectivity index is 0.000000182. The number of nitrogens with two attached hydrogens (primary N) is 1. The number of aromatic nitrogens is 3. The van der Waals surface area contributed by atoms with Crippen LogP contribution in [0, 0.1) is 37.8 Å². The standard InChI is InChI=1S/C13H12N2O4S.C13H14N2O2S.C12H11NO2S/c1-3-19-13(16)11-8(2)14-12(20-11)9-4-6-10(7-5-9)15(17)18;1-3-17-13(16)11-8(2)15-12(18-11)9-4-6-10(14)7-5-9;1-7-3-5-9(6-4-7)11-13-8(2)10(16-11)12(14)15/h4-7H,3H2,1-2H3;4-7H,3,14H2,1-2H3;3-6H,1-2H3,(H,14,15). The molecule has 3 heterocycles. The summed E-state index contributed by atoms with van der Waals surface area (Å²) in [5.74, 6) is -1.61. The van der Waals surface area contributed by atoms with Crippen LogP contribution in [0.4, 0.5) is 11.4 Å². The van der Waals surface area contributed by atoms with E-state index in [1.165, 1.54) is 51.7 Å². The number of aromatic carboxylic acids is 1. The van der Waals surface area contributed by atoms with Gasteiger partial charge in [0.25, 0.3) is 5.69 Å². The third-order valence-electron chi connectivity index (χ3n) is 7.29. The van der Waals surface area contributed by atoms with Gasteiger partial charge in [0.05, 0.1) is 35.2 Å². The molecule has 6 aromatic rings. The Hall–Kier alpha value is -5.84. The zero-order valence-electron chi connectivity index (χ0n) is 30.2. The molecule has 0 aliphatic rings. The van der Waals surface area contributed by atoms with Gasteiger partial charge in [-0.15, -0.1) is 34.0 Å². The molecule has 3 aromatic heterocycles. The Kier molecular flexibility index (Phi) is 14.2. The highest BCUT2D eigenvalue weighted by Crippen LogP contribution is 2.31. The smallest absolute Gasteiger partial charge is 0.350 e. The Morgan fingerprint density at radius 2 is 1.00 bits per heavy atom. The quantitative estimate of drug-likeness (QED) is 0.0610. The summed E-state index contributed by atoms with van der Waals surface area (Å²) in [6.45, 7) is 11.5. The maximum atomic E-state index is 11.7. The summed E-state index contributed by atoms with van der Waals surface area (Å²) in [5.41, 5.74) is 12.1. The molecule has 3 aromatic carbocycles. The lowest BCUT2D eigenvalue weighted by atomic mass is 10.2. The topological polar surface area (TPSA) is 198 Å². The summed E-state index contributed by atoms with van der Waals surface area (Å²) >= 11 is 3.78. The van der Waals surface area contributed by atoms with Crippen molar-refractivity contribution in [2.45, 2.75) is 41.5 Å². The minimum atomic E-state index is -0.909. The highest BCUT2D eigenvalue weighted by Gasteiger charge is 2.19. The van der Waals surface area contributed by atoms with E-state index in [0.29, 0.717) is 55.6 Å². The Labute approximate surface area is 323 Å². The molecule has 6 rings (SSSR count). The lowest BCUT2D eigenvalue weighted by Crippen LogP contribution is -2.03. The first-order valence-electron chi connectivity index (χ1n) is 16.4. The van der Waals surface area contributed by atoms with Gasteiger partial charge in [-0.3, -0.25) is 10.1 Å². The van der Waals surface area contributed by atoms with Crippen molar-refractivity contribution in [3.8, 4) is 31.7 Å². The van der Waals surface area contributed by atoms with Gasteiger partial charge in [0.2, 0.25) is 0 Å². The van der Waals surface area contributed by atoms with Gasteiger partial charge in [0, 0.05) is 34.5 Å². The largest absolute Gasteiger partial charge is 0.477 e. The first kappa shape index (κ1) is 40.9. The van der Waals surface area contributed by atoms with Crippen LogP contribution in [0.25, 0.3) is 31.7 Å². The van der Waals surface area contributed by atoms with Crippen LogP contribution >= 0.6 is 34.0 Å². The number of nitro benzene ring substituents is 1. The third-order valence-corrected chi connectivity index (χ3v) is 10.9. The number of carboxylic acids is 1. The summed E-state index contributed by atoms with van der Waals surface area (Å²) in [4.78, 5) is 58.7. The molecule has 0 saturated heterocycles. The number of thiazole rings is 3. The van der Waals surface area contributed by atoms with Crippen LogP contribution in [-0.4, -0.2) is 56.1 Å². The van der Waals surface area contributed by atoms with Crippen LogP contribution < -0.4 is 5.73 Å². The maximum absolute atomic E-state index is 11.7. The summed E-state index contributed by atoms with van der Waals surface area (Å²) in [6, 6.07) is 21.4. The number of ether oxygens (including phenoxy) is 2. The lowest BCUT2D eigenvalue weighted by Gasteiger charge is -1.98. The van der Waals surface area contributed by atoms with Crippen LogP contribution in [0.1, 0.15) is 65.5 Å². The van der Waals surface area contributed by atoms with Gasteiger partial charge < -0.3 is 20.3 Å². The van der Waals surface area contributed by atoms with Crippen LogP contribution in [0.3, 0.4) is 0 Å². The number of carboxylic acid groups (broad SMARTS) is 1. The van der Waals surface area contributed by atoms with Crippen molar-refractivity contribution in [3.05, 3.63) is 120 Å². The summed E-state index contributed by atoms with van der Waals surface area (Å²) in [6.07, 6.45) is 0. The number of non-ortho nitro benzene ring substituents is 1. The number of nitro groups is 1. The Morgan fingerprint density at radius 3 is 1.35 bits per heavy atom. The van der Waals surface area contributed by atoms with E-state index < -0.39 is 16.9 Å².